The third-order valence-corrected chi connectivity index (χ3v) is 1.93. The summed E-state index contributed by atoms with van der Waals surface area (Å²) >= 11 is 0. The standard InChI is InChI=1S/C8H15O2/c1-3-7-5-10-8(7)4-6(2)9/h6,8-9H,3-5H2,1-2H3. The molecule has 0 amide bonds. The molecule has 59 valence electrons. The first-order chi connectivity index (χ1) is 4.74. The van der Waals surface area contributed by atoms with Crippen molar-refractivity contribution in [1.82, 2.24) is 0 Å². The lowest BCUT2D eigenvalue weighted by Crippen LogP contribution is -2.39. The van der Waals surface area contributed by atoms with E-state index in [4.69, 9.17) is 9.84 Å². The molecule has 10 heavy (non-hydrogen) atoms. The zero-order valence-electron chi connectivity index (χ0n) is 6.63. The second-order valence-corrected chi connectivity index (χ2v) is 2.90. The second-order valence-electron chi connectivity index (χ2n) is 2.90. The highest BCUT2D eigenvalue weighted by molar-refractivity contribution is 5.04. The maximum Gasteiger partial charge on any atom is 0.0685 e. The molecule has 2 nitrogen and oxygen atoms in total. The summed E-state index contributed by atoms with van der Waals surface area (Å²) in [5.74, 6) is 1.45. The molecular formula is C8H15O2. The summed E-state index contributed by atoms with van der Waals surface area (Å²) < 4.78 is 5.25. The van der Waals surface area contributed by atoms with Crippen LogP contribution in [-0.2, 0) is 4.74 Å². The molecule has 2 unspecified atom stereocenters. The predicted octanol–water partition coefficient (Wildman–Crippen LogP) is 1.14. The van der Waals surface area contributed by atoms with Crippen LogP contribution in [0.5, 0.6) is 0 Å². The zero-order chi connectivity index (χ0) is 7.56. The van der Waals surface area contributed by atoms with Gasteiger partial charge in [0.1, 0.15) is 0 Å². The van der Waals surface area contributed by atoms with E-state index in [2.05, 4.69) is 6.92 Å². The van der Waals surface area contributed by atoms with Crippen molar-refractivity contribution in [3.63, 3.8) is 0 Å². The molecule has 0 saturated carbocycles. The van der Waals surface area contributed by atoms with E-state index in [-0.39, 0.29) is 12.2 Å². The molecule has 2 heteroatoms. The van der Waals surface area contributed by atoms with Crippen LogP contribution in [0.3, 0.4) is 0 Å². The van der Waals surface area contributed by atoms with Gasteiger partial charge in [-0.3, -0.25) is 0 Å². The van der Waals surface area contributed by atoms with Gasteiger partial charge in [0.2, 0.25) is 0 Å². The maximum atomic E-state index is 9.01. The number of ether oxygens (including phenoxy) is 1. The highest BCUT2D eigenvalue weighted by atomic mass is 16.5. The molecular weight excluding hydrogens is 128 g/mol. The van der Waals surface area contributed by atoms with E-state index < -0.39 is 0 Å². The van der Waals surface area contributed by atoms with Gasteiger partial charge in [-0.2, -0.15) is 0 Å². The van der Waals surface area contributed by atoms with Crippen molar-refractivity contribution in [2.45, 2.75) is 38.9 Å². The highest BCUT2D eigenvalue weighted by Gasteiger charge is 2.31. The normalized spacial score (nSPS) is 29.7. The molecule has 0 spiro atoms. The monoisotopic (exact) mass is 143 g/mol. The minimum Gasteiger partial charge on any atom is -0.393 e. The Morgan fingerprint density at radius 2 is 2.50 bits per heavy atom. The van der Waals surface area contributed by atoms with Gasteiger partial charge in [0, 0.05) is 5.92 Å². The summed E-state index contributed by atoms with van der Waals surface area (Å²) in [6.45, 7) is 4.75. The van der Waals surface area contributed by atoms with E-state index in [1.165, 1.54) is 5.92 Å². The lowest BCUT2D eigenvalue weighted by molar-refractivity contribution is -0.0482. The van der Waals surface area contributed by atoms with Crippen molar-refractivity contribution in [2.24, 2.45) is 0 Å². The minimum atomic E-state index is -0.230. The Kier molecular flexibility index (Phi) is 2.69. The number of aliphatic hydroxyl groups is 1. The van der Waals surface area contributed by atoms with Crippen molar-refractivity contribution in [1.29, 1.82) is 0 Å². The van der Waals surface area contributed by atoms with Gasteiger partial charge in [0.05, 0.1) is 18.8 Å². The van der Waals surface area contributed by atoms with Crippen LogP contribution < -0.4 is 0 Å². The number of aliphatic hydroxyl groups excluding tert-OH is 1. The first kappa shape index (κ1) is 8.02. The van der Waals surface area contributed by atoms with Gasteiger partial charge in [-0.05, 0) is 19.8 Å². The summed E-state index contributed by atoms with van der Waals surface area (Å²) in [7, 11) is 0. The Balaban J connectivity index is 2.16. The first-order valence-electron chi connectivity index (χ1n) is 3.88. The van der Waals surface area contributed by atoms with E-state index in [1.807, 2.05) is 0 Å². The van der Waals surface area contributed by atoms with Crippen molar-refractivity contribution in [2.75, 3.05) is 6.61 Å². The molecule has 1 aliphatic rings. The fraction of sp³-hybridized carbons (Fsp3) is 0.875. The number of hydrogen-bond donors (Lipinski definition) is 1. The average molecular weight is 143 g/mol. The van der Waals surface area contributed by atoms with Crippen LogP contribution in [0.4, 0.5) is 0 Å². The Hall–Kier alpha value is -0.0800. The molecule has 1 saturated heterocycles. The number of hydrogen-bond acceptors (Lipinski definition) is 2. The van der Waals surface area contributed by atoms with Crippen molar-refractivity contribution in [3.8, 4) is 0 Å². The molecule has 0 aromatic carbocycles. The van der Waals surface area contributed by atoms with Crippen molar-refractivity contribution < 1.29 is 9.84 Å². The van der Waals surface area contributed by atoms with E-state index >= 15 is 0 Å². The minimum absolute atomic E-state index is 0.230. The lowest BCUT2D eigenvalue weighted by atomic mass is 9.91. The Labute approximate surface area is 62.2 Å². The smallest absolute Gasteiger partial charge is 0.0685 e. The quantitative estimate of drug-likeness (QED) is 0.642. The fourth-order valence-corrected chi connectivity index (χ4v) is 1.19. The summed E-state index contributed by atoms with van der Waals surface area (Å²) in [5, 5.41) is 9.01. The molecule has 1 radical (unpaired) electrons. The van der Waals surface area contributed by atoms with Crippen LogP contribution >= 0.6 is 0 Å². The highest BCUT2D eigenvalue weighted by Crippen LogP contribution is 2.28. The van der Waals surface area contributed by atoms with Crippen LogP contribution in [0, 0.1) is 5.92 Å². The molecule has 1 N–H and O–H groups in total. The van der Waals surface area contributed by atoms with E-state index in [0.717, 1.165) is 19.4 Å². The van der Waals surface area contributed by atoms with Gasteiger partial charge in [-0.15, -0.1) is 0 Å². The largest absolute Gasteiger partial charge is 0.393 e. The summed E-state index contributed by atoms with van der Waals surface area (Å²) in [6, 6.07) is 0. The van der Waals surface area contributed by atoms with Gasteiger partial charge in [0.25, 0.3) is 0 Å². The van der Waals surface area contributed by atoms with Crippen LogP contribution in [-0.4, -0.2) is 23.9 Å². The van der Waals surface area contributed by atoms with E-state index in [1.54, 1.807) is 6.92 Å². The van der Waals surface area contributed by atoms with Gasteiger partial charge in [-0.25, -0.2) is 0 Å². The Bertz CT molecular complexity index is 99.4. The molecule has 1 fully saturated rings. The van der Waals surface area contributed by atoms with E-state index in [9.17, 15) is 0 Å². The SMILES string of the molecule is CC[C]1COC1CC(C)O. The predicted molar refractivity (Wildman–Crippen MR) is 39.6 cm³/mol. The topological polar surface area (TPSA) is 29.5 Å². The Morgan fingerprint density at radius 3 is 2.80 bits per heavy atom. The van der Waals surface area contributed by atoms with Crippen LogP contribution in [0.25, 0.3) is 0 Å². The van der Waals surface area contributed by atoms with Crippen LogP contribution in [0.1, 0.15) is 26.7 Å². The molecule has 2 atom stereocenters. The fourth-order valence-electron chi connectivity index (χ4n) is 1.19. The summed E-state index contributed by atoms with van der Waals surface area (Å²) in [4.78, 5) is 0. The van der Waals surface area contributed by atoms with Crippen LogP contribution in [0.2, 0.25) is 0 Å². The van der Waals surface area contributed by atoms with Crippen LogP contribution in [0.15, 0.2) is 0 Å². The van der Waals surface area contributed by atoms with Crippen molar-refractivity contribution in [3.05, 3.63) is 5.92 Å². The third-order valence-electron chi connectivity index (χ3n) is 1.93. The van der Waals surface area contributed by atoms with Gasteiger partial charge in [-0.1, -0.05) is 6.92 Å². The third kappa shape index (κ3) is 1.70. The molecule has 1 rings (SSSR count). The summed E-state index contributed by atoms with van der Waals surface area (Å²) in [5.41, 5.74) is 0. The molecule has 0 bridgehead atoms. The lowest BCUT2D eigenvalue weighted by Gasteiger charge is -2.36. The maximum absolute atomic E-state index is 9.01. The zero-order valence-corrected chi connectivity index (χ0v) is 6.63. The van der Waals surface area contributed by atoms with E-state index in [0.29, 0.717) is 0 Å². The Morgan fingerprint density at radius 1 is 1.80 bits per heavy atom. The molecule has 1 aliphatic heterocycles. The van der Waals surface area contributed by atoms with Gasteiger partial charge < -0.3 is 9.84 Å². The van der Waals surface area contributed by atoms with Gasteiger partial charge in [0.15, 0.2) is 0 Å². The van der Waals surface area contributed by atoms with Gasteiger partial charge >= 0.3 is 0 Å². The average Bonchev–Trinajstić information content (AvgIpc) is 1.82. The van der Waals surface area contributed by atoms with Crippen molar-refractivity contribution >= 4 is 0 Å². The molecule has 0 aromatic rings. The summed E-state index contributed by atoms with van der Waals surface area (Å²) in [6.07, 6.45) is 1.89. The number of rotatable bonds is 3. The molecule has 0 aliphatic carbocycles. The second kappa shape index (κ2) is 3.35. The molecule has 1 heterocycles. The first-order valence-corrected chi connectivity index (χ1v) is 3.88. The molecule has 0 aromatic heterocycles.